The maximum Gasteiger partial charge on any atom is 0.338 e. The van der Waals surface area contributed by atoms with E-state index in [1.807, 2.05) is 22.6 Å². The number of methoxy groups -OCH3 is 1. The van der Waals surface area contributed by atoms with E-state index in [1.54, 1.807) is 6.07 Å². The molecule has 0 heterocycles. The van der Waals surface area contributed by atoms with Crippen molar-refractivity contribution in [3.05, 3.63) is 21.3 Å². The number of esters is 1. The van der Waals surface area contributed by atoms with E-state index in [2.05, 4.69) is 4.74 Å². The minimum absolute atomic E-state index is 0.0835. The Morgan fingerprint density at radius 2 is 2.19 bits per heavy atom. The Balaban J connectivity index is 2.33. The summed E-state index contributed by atoms with van der Waals surface area (Å²) < 4.78 is 10.7. The Bertz CT molecular complexity index is 426. The molecule has 1 N–H and O–H groups in total. The lowest BCUT2D eigenvalue weighted by Crippen LogP contribution is -2.04. The number of hydrogen-bond acceptors (Lipinski definition) is 4. The molecule has 0 spiro atoms. The Morgan fingerprint density at radius 3 is 2.75 bits per heavy atom. The lowest BCUT2D eigenvalue weighted by Gasteiger charge is -2.10. The fraction of sp³-hybridized carbons (Fsp3) is 0.364. The van der Waals surface area contributed by atoms with E-state index < -0.39 is 5.97 Å². The quantitative estimate of drug-likeness (QED) is 0.681. The van der Waals surface area contributed by atoms with Crippen molar-refractivity contribution in [2.45, 2.75) is 18.9 Å². The van der Waals surface area contributed by atoms with E-state index in [9.17, 15) is 9.90 Å². The molecule has 0 amide bonds. The second-order valence-corrected chi connectivity index (χ2v) is 4.78. The zero-order valence-corrected chi connectivity index (χ0v) is 10.9. The van der Waals surface area contributed by atoms with Gasteiger partial charge in [-0.05, 0) is 47.6 Å². The molecule has 0 atom stereocenters. The van der Waals surface area contributed by atoms with Crippen LogP contribution in [0.25, 0.3) is 0 Å². The van der Waals surface area contributed by atoms with Crippen LogP contribution in [0.15, 0.2) is 12.1 Å². The fourth-order valence-corrected chi connectivity index (χ4v) is 1.87. The van der Waals surface area contributed by atoms with Crippen molar-refractivity contribution in [1.82, 2.24) is 0 Å². The molecule has 1 fully saturated rings. The van der Waals surface area contributed by atoms with Gasteiger partial charge in [-0.3, -0.25) is 0 Å². The van der Waals surface area contributed by atoms with Gasteiger partial charge in [-0.25, -0.2) is 4.79 Å². The lowest BCUT2D eigenvalue weighted by molar-refractivity contribution is 0.0600. The first-order valence-electron chi connectivity index (χ1n) is 4.89. The molecule has 0 unspecified atom stereocenters. The Kier molecular flexibility index (Phi) is 3.22. The molecule has 86 valence electrons. The monoisotopic (exact) mass is 334 g/mol. The molecular formula is C11H11IO4. The maximum atomic E-state index is 11.4. The van der Waals surface area contributed by atoms with Gasteiger partial charge in [0, 0.05) is 0 Å². The molecule has 4 nitrogen and oxygen atoms in total. The summed E-state index contributed by atoms with van der Waals surface area (Å²) in [5.74, 6) is 0.00789. The number of benzene rings is 1. The molecule has 1 saturated carbocycles. The van der Waals surface area contributed by atoms with Gasteiger partial charge in [-0.1, -0.05) is 0 Å². The summed E-state index contributed by atoms with van der Waals surface area (Å²) in [6.07, 6.45) is 2.17. The average molecular weight is 334 g/mol. The smallest absolute Gasteiger partial charge is 0.338 e. The first-order chi connectivity index (χ1) is 7.61. The van der Waals surface area contributed by atoms with Gasteiger partial charge in [-0.2, -0.15) is 0 Å². The largest absolute Gasteiger partial charge is 0.504 e. The molecule has 0 aromatic heterocycles. The maximum absolute atomic E-state index is 11.4. The van der Waals surface area contributed by atoms with Crippen molar-refractivity contribution < 1.29 is 19.4 Å². The van der Waals surface area contributed by atoms with Crippen LogP contribution in [-0.2, 0) is 4.74 Å². The number of phenols is 1. The summed E-state index contributed by atoms with van der Waals surface area (Å²) in [6, 6.07) is 3.09. The average Bonchev–Trinajstić information content (AvgIpc) is 3.07. The first-order valence-corrected chi connectivity index (χ1v) is 5.97. The van der Waals surface area contributed by atoms with Gasteiger partial charge in [0.15, 0.2) is 11.5 Å². The van der Waals surface area contributed by atoms with Gasteiger partial charge < -0.3 is 14.6 Å². The summed E-state index contributed by atoms with van der Waals surface area (Å²) in [5, 5.41) is 9.77. The molecule has 16 heavy (non-hydrogen) atoms. The Morgan fingerprint density at radius 1 is 1.50 bits per heavy atom. The minimum atomic E-state index is -0.432. The highest BCUT2D eigenvalue weighted by atomic mass is 127. The van der Waals surface area contributed by atoms with Crippen LogP contribution in [0.5, 0.6) is 11.5 Å². The Labute approximate surface area is 107 Å². The summed E-state index contributed by atoms with van der Waals surface area (Å²) in [5.41, 5.74) is 0.389. The third kappa shape index (κ3) is 2.40. The molecule has 0 aliphatic heterocycles. The summed E-state index contributed by atoms with van der Waals surface area (Å²) in [6.45, 7) is 0. The van der Waals surface area contributed by atoms with Crippen LogP contribution >= 0.6 is 22.6 Å². The fourth-order valence-electron chi connectivity index (χ4n) is 1.26. The minimum Gasteiger partial charge on any atom is -0.504 e. The van der Waals surface area contributed by atoms with Crippen LogP contribution in [0.2, 0.25) is 0 Å². The normalized spacial score (nSPS) is 14.6. The van der Waals surface area contributed by atoms with E-state index in [0.717, 1.165) is 12.8 Å². The van der Waals surface area contributed by atoms with Crippen molar-refractivity contribution in [1.29, 1.82) is 0 Å². The van der Waals surface area contributed by atoms with Gasteiger partial charge in [0.25, 0.3) is 0 Å². The number of rotatable bonds is 3. The van der Waals surface area contributed by atoms with E-state index in [-0.39, 0.29) is 11.9 Å². The van der Waals surface area contributed by atoms with Crippen molar-refractivity contribution >= 4 is 28.6 Å². The van der Waals surface area contributed by atoms with Gasteiger partial charge in [0.2, 0.25) is 0 Å². The summed E-state index contributed by atoms with van der Waals surface area (Å²) >= 11 is 1.95. The van der Waals surface area contributed by atoms with Crippen LogP contribution in [0.3, 0.4) is 0 Å². The predicted octanol–water partition coefficient (Wildman–Crippen LogP) is 2.32. The number of halogens is 1. The van der Waals surface area contributed by atoms with Crippen molar-refractivity contribution in [2.75, 3.05) is 7.11 Å². The topological polar surface area (TPSA) is 55.8 Å². The second-order valence-electron chi connectivity index (χ2n) is 3.61. The van der Waals surface area contributed by atoms with Crippen LogP contribution < -0.4 is 4.74 Å². The highest BCUT2D eigenvalue weighted by Crippen LogP contribution is 2.37. The van der Waals surface area contributed by atoms with Crippen molar-refractivity contribution in [2.24, 2.45) is 0 Å². The van der Waals surface area contributed by atoms with Crippen molar-refractivity contribution in [3.8, 4) is 11.5 Å². The zero-order valence-electron chi connectivity index (χ0n) is 8.70. The third-order valence-corrected chi connectivity index (χ3v) is 3.09. The molecule has 0 bridgehead atoms. The number of aromatic hydroxyl groups is 1. The summed E-state index contributed by atoms with van der Waals surface area (Å²) in [7, 11) is 1.32. The summed E-state index contributed by atoms with van der Waals surface area (Å²) in [4.78, 5) is 11.4. The van der Waals surface area contributed by atoms with Gasteiger partial charge in [-0.15, -0.1) is 0 Å². The molecule has 1 aliphatic carbocycles. The van der Waals surface area contributed by atoms with Gasteiger partial charge in [0.05, 0.1) is 22.3 Å². The number of carbonyl (C=O) groups is 1. The SMILES string of the molecule is COC(=O)c1cc(I)c(O)c(OC2CC2)c1. The first kappa shape index (κ1) is 11.5. The Hall–Kier alpha value is -0.980. The van der Waals surface area contributed by atoms with E-state index >= 15 is 0 Å². The molecule has 0 saturated heterocycles. The predicted molar refractivity (Wildman–Crippen MR) is 65.8 cm³/mol. The van der Waals surface area contributed by atoms with E-state index in [4.69, 9.17) is 4.74 Å². The number of carbonyl (C=O) groups excluding carboxylic acids is 1. The van der Waals surface area contributed by atoms with Gasteiger partial charge in [0.1, 0.15) is 0 Å². The van der Waals surface area contributed by atoms with Crippen LogP contribution in [0, 0.1) is 3.57 Å². The van der Waals surface area contributed by atoms with Crippen LogP contribution in [-0.4, -0.2) is 24.3 Å². The van der Waals surface area contributed by atoms with Crippen LogP contribution in [0.1, 0.15) is 23.2 Å². The molecule has 1 aliphatic rings. The number of hydrogen-bond donors (Lipinski definition) is 1. The van der Waals surface area contributed by atoms with E-state index in [1.165, 1.54) is 13.2 Å². The van der Waals surface area contributed by atoms with Crippen LogP contribution in [0.4, 0.5) is 0 Å². The van der Waals surface area contributed by atoms with E-state index in [0.29, 0.717) is 14.9 Å². The molecule has 5 heteroatoms. The van der Waals surface area contributed by atoms with Gasteiger partial charge >= 0.3 is 5.97 Å². The zero-order chi connectivity index (χ0) is 11.7. The lowest BCUT2D eigenvalue weighted by atomic mass is 10.2. The molecule has 0 radical (unpaired) electrons. The number of ether oxygens (including phenoxy) is 2. The van der Waals surface area contributed by atoms with Crippen molar-refractivity contribution in [3.63, 3.8) is 0 Å². The standard InChI is InChI=1S/C11H11IO4/c1-15-11(14)6-4-8(12)10(13)9(5-6)16-7-2-3-7/h4-5,7,13H,2-3H2,1H3. The molecule has 1 aromatic rings. The second kappa shape index (κ2) is 4.48. The molecular weight excluding hydrogens is 323 g/mol. The molecule has 2 rings (SSSR count). The number of phenolic OH excluding ortho intramolecular Hbond substituents is 1. The highest BCUT2D eigenvalue weighted by molar-refractivity contribution is 14.1. The molecule has 1 aromatic carbocycles. The third-order valence-electron chi connectivity index (χ3n) is 2.27. The highest BCUT2D eigenvalue weighted by Gasteiger charge is 2.26.